The van der Waals surface area contributed by atoms with E-state index in [2.05, 4.69) is 13.5 Å². The maximum Gasteiger partial charge on any atom is 0.0540 e. The second-order valence-electron chi connectivity index (χ2n) is 6.55. The first-order valence-electron chi connectivity index (χ1n) is 9.60. The maximum absolute atomic E-state index is 9.80. The zero-order valence-electron chi connectivity index (χ0n) is 14.6. The summed E-state index contributed by atoms with van der Waals surface area (Å²) in [5, 5.41) is 9.80. The van der Waals surface area contributed by atoms with Crippen LogP contribution in [0.2, 0.25) is 0 Å². The lowest BCUT2D eigenvalue weighted by Crippen LogP contribution is -2.05. The zero-order chi connectivity index (χ0) is 15.6. The normalized spacial score (nSPS) is 12.5. The number of aliphatic hydroxyl groups is 1. The highest BCUT2D eigenvalue weighted by Gasteiger charge is 2.02. The molecular weight excluding hydrogens is 256 g/mol. The lowest BCUT2D eigenvalue weighted by Gasteiger charge is -2.09. The number of rotatable bonds is 17. The summed E-state index contributed by atoms with van der Waals surface area (Å²) in [7, 11) is 0. The van der Waals surface area contributed by atoms with Gasteiger partial charge in [0.15, 0.2) is 0 Å². The summed E-state index contributed by atoms with van der Waals surface area (Å²) in [6.45, 7) is 5.99. The van der Waals surface area contributed by atoms with Crippen molar-refractivity contribution in [3.8, 4) is 0 Å². The molecule has 21 heavy (non-hydrogen) atoms. The van der Waals surface area contributed by atoms with E-state index in [1.54, 1.807) is 0 Å². The van der Waals surface area contributed by atoms with Gasteiger partial charge < -0.3 is 5.11 Å². The summed E-state index contributed by atoms with van der Waals surface area (Å²) in [6.07, 6.45) is 22.5. The number of aliphatic hydroxyl groups excluding tert-OH is 1. The van der Waals surface area contributed by atoms with Gasteiger partial charge in [-0.2, -0.15) is 0 Å². The first-order valence-corrected chi connectivity index (χ1v) is 9.60. The predicted octanol–water partition coefficient (Wildman–Crippen LogP) is 6.79. The second-order valence-corrected chi connectivity index (χ2v) is 6.55. The minimum absolute atomic E-state index is 0.0759. The van der Waals surface area contributed by atoms with Crippen LogP contribution in [0.5, 0.6) is 0 Å². The molecule has 1 atom stereocenters. The molecule has 126 valence electrons. The highest BCUT2D eigenvalue weighted by Crippen LogP contribution is 2.14. The molecule has 0 radical (unpaired) electrons. The van der Waals surface area contributed by atoms with Crippen LogP contribution in [0, 0.1) is 0 Å². The number of hydrogen-bond acceptors (Lipinski definition) is 1. The molecule has 1 nitrogen and oxygen atoms in total. The van der Waals surface area contributed by atoms with Crippen molar-refractivity contribution in [2.24, 2.45) is 0 Å². The molecule has 0 aromatic heterocycles. The van der Waals surface area contributed by atoms with Gasteiger partial charge in [0.25, 0.3) is 0 Å². The van der Waals surface area contributed by atoms with E-state index in [-0.39, 0.29) is 6.10 Å². The van der Waals surface area contributed by atoms with Crippen LogP contribution < -0.4 is 0 Å². The molecule has 0 saturated carbocycles. The average Bonchev–Trinajstić information content (AvgIpc) is 2.48. The fourth-order valence-corrected chi connectivity index (χ4v) is 2.86. The predicted molar refractivity (Wildman–Crippen MR) is 95.7 cm³/mol. The van der Waals surface area contributed by atoms with E-state index in [4.69, 9.17) is 0 Å². The Labute approximate surface area is 134 Å². The van der Waals surface area contributed by atoms with Crippen molar-refractivity contribution in [2.45, 2.75) is 116 Å². The first kappa shape index (κ1) is 20.7. The van der Waals surface area contributed by atoms with E-state index >= 15 is 0 Å². The highest BCUT2D eigenvalue weighted by atomic mass is 16.3. The third kappa shape index (κ3) is 17.6. The number of hydrogen-bond donors (Lipinski definition) is 1. The van der Waals surface area contributed by atoms with Crippen molar-refractivity contribution in [1.29, 1.82) is 0 Å². The van der Waals surface area contributed by atoms with Gasteiger partial charge in [-0.05, 0) is 25.7 Å². The molecule has 0 aliphatic carbocycles. The minimum Gasteiger partial charge on any atom is -0.393 e. The molecule has 0 fully saturated rings. The van der Waals surface area contributed by atoms with Gasteiger partial charge >= 0.3 is 0 Å². The van der Waals surface area contributed by atoms with Crippen LogP contribution in [0.4, 0.5) is 0 Å². The van der Waals surface area contributed by atoms with E-state index in [0.29, 0.717) is 0 Å². The minimum atomic E-state index is -0.0759. The molecule has 0 bridgehead atoms. The molecule has 1 N–H and O–H groups in total. The molecule has 0 aliphatic rings. The van der Waals surface area contributed by atoms with Gasteiger partial charge in [0.05, 0.1) is 6.10 Å². The van der Waals surface area contributed by atoms with Crippen molar-refractivity contribution in [3.63, 3.8) is 0 Å². The Kier molecular flexibility index (Phi) is 17.5. The lowest BCUT2D eigenvalue weighted by molar-refractivity contribution is 0.148. The Morgan fingerprint density at radius 2 is 1.14 bits per heavy atom. The van der Waals surface area contributed by atoms with Crippen molar-refractivity contribution < 1.29 is 5.11 Å². The summed E-state index contributed by atoms with van der Waals surface area (Å²) in [5.41, 5.74) is 0. The van der Waals surface area contributed by atoms with Gasteiger partial charge in [0.2, 0.25) is 0 Å². The first-order chi connectivity index (χ1) is 10.3. The van der Waals surface area contributed by atoms with Gasteiger partial charge in [0, 0.05) is 0 Å². The largest absolute Gasteiger partial charge is 0.393 e. The van der Waals surface area contributed by atoms with Crippen LogP contribution in [0.25, 0.3) is 0 Å². The standard InChI is InChI=1S/C20H40O/c1-3-5-7-8-9-10-11-12-13-14-15-17-19-20(21)18-16-6-4-2/h4,20-21H,2-3,5-19H2,1H3. The second kappa shape index (κ2) is 17.8. The van der Waals surface area contributed by atoms with Gasteiger partial charge in [-0.25, -0.2) is 0 Å². The van der Waals surface area contributed by atoms with Crippen molar-refractivity contribution >= 4 is 0 Å². The molecule has 1 unspecified atom stereocenters. The monoisotopic (exact) mass is 296 g/mol. The van der Waals surface area contributed by atoms with Crippen LogP contribution in [0.1, 0.15) is 110 Å². The highest BCUT2D eigenvalue weighted by molar-refractivity contribution is 4.67. The van der Waals surface area contributed by atoms with Crippen LogP contribution in [0.3, 0.4) is 0 Å². The third-order valence-electron chi connectivity index (χ3n) is 4.34. The Bertz CT molecular complexity index is 200. The zero-order valence-corrected chi connectivity index (χ0v) is 14.6. The molecule has 0 spiro atoms. The molecule has 0 saturated heterocycles. The van der Waals surface area contributed by atoms with E-state index < -0.39 is 0 Å². The Morgan fingerprint density at radius 1 is 0.714 bits per heavy atom. The summed E-state index contributed by atoms with van der Waals surface area (Å²) in [4.78, 5) is 0. The number of allylic oxidation sites excluding steroid dienone is 1. The van der Waals surface area contributed by atoms with Crippen molar-refractivity contribution in [1.82, 2.24) is 0 Å². The molecular formula is C20H40O. The third-order valence-corrected chi connectivity index (χ3v) is 4.34. The number of unbranched alkanes of at least 4 members (excludes halogenated alkanes) is 12. The van der Waals surface area contributed by atoms with Crippen molar-refractivity contribution in [2.75, 3.05) is 0 Å². The van der Waals surface area contributed by atoms with E-state index in [1.807, 2.05) is 6.08 Å². The van der Waals surface area contributed by atoms with Gasteiger partial charge in [-0.3, -0.25) is 0 Å². The van der Waals surface area contributed by atoms with Gasteiger partial charge in [-0.1, -0.05) is 90.0 Å². The van der Waals surface area contributed by atoms with E-state index in [9.17, 15) is 5.11 Å². The molecule has 0 aromatic rings. The summed E-state index contributed by atoms with van der Waals surface area (Å²) in [6, 6.07) is 0. The summed E-state index contributed by atoms with van der Waals surface area (Å²) >= 11 is 0. The van der Waals surface area contributed by atoms with E-state index in [1.165, 1.54) is 77.0 Å². The SMILES string of the molecule is C=CCCCC(O)CCCCCCCCCCCCCC. The molecule has 0 amide bonds. The van der Waals surface area contributed by atoms with Crippen molar-refractivity contribution in [3.05, 3.63) is 12.7 Å². The van der Waals surface area contributed by atoms with Crippen LogP contribution in [-0.2, 0) is 0 Å². The van der Waals surface area contributed by atoms with Crippen LogP contribution >= 0.6 is 0 Å². The molecule has 0 aromatic carbocycles. The molecule has 0 aliphatic heterocycles. The molecule has 0 rings (SSSR count). The van der Waals surface area contributed by atoms with Crippen LogP contribution in [-0.4, -0.2) is 11.2 Å². The maximum atomic E-state index is 9.80. The Morgan fingerprint density at radius 3 is 1.62 bits per heavy atom. The average molecular weight is 297 g/mol. The Hall–Kier alpha value is -0.300. The topological polar surface area (TPSA) is 20.2 Å². The van der Waals surface area contributed by atoms with Crippen LogP contribution in [0.15, 0.2) is 12.7 Å². The smallest absolute Gasteiger partial charge is 0.0540 e. The fraction of sp³-hybridized carbons (Fsp3) is 0.900. The fourth-order valence-electron chi connectivity index (χ4n) is 2.86. The van der Waals surface area contributed by atoms with E-state index in [0.717, 1.165) is 25.7 Å². The lowest BCUT2D eigenvalue weighted by atomic mass is 10.0. The summed E-state index contributed by atoms with van der Waals surface area (Å²) < 4.78 is 0. The van der Waals surface area contributed by atoms with Gasteiger partial charge in [-0.15, -0.1) is 6.58 Å². The summed E-state index contributed by atoms with van der Waals surface area (Å²) in [5.74, 6) is 0. The molecule has 0 heterocycles. The Balaban J connectivity index is 3.06. The quantitative estimate of drug-likeness (QED) is 0.231. The molecule has 1 heteroatoms. The van der Waals surface area contributed by atoms with Gasteiger partial charge in [0.1, 0.15) is 0 Å².